The highest BCUT2D eigenvalue weighted by molar-refractivity contribution is 5.80. The van der Waals surface area contributed by atoms with Crippen molar-refractivity contribution < 1.29 is 0 Å². The molecule has 0 saturated carbocycles. The molecule has 1 heterocycles. The second-order valence-corrected chi connectivity index (χ2v) is 6.98. The monoisotopic (exact) mass is 304 g/mol. The lowest BCUT2D eigenvalue weighted by molar-refractivity contribution is 0.346. The van der Waals surface area contributed by atoms with Gasteiger partial charge in [-0.2, -0.15) is 0 Å². The van der Waals surface area contributed by atoms with Crippen LogP contribution in [0.25, 0.3) is 0 Å². The zero-order valence-corrected chi connectivity index (χ0v) is 14.8. The van der Waals surface area contributed by atoms with Crippen LogP contribution in [0.4, 0.5) is 0 Å². The maximum absolute atomic E-state index is 4.65. The van der Waals surface area contributed by atoms with Crippen molar-refractivity contribution in [2.45, 2.75) is 59.9 Å². The van der Waals surface area contributed by atoms with Crippen molar-refractivity contribution in [2.75, 3.05) is 13.1 Å². The number of hydrogen-bond donors (Lipinski definition) is 2. The number of aromatic nitrogens is 1. The normalized spacial score (nSPS) is 13.8. The van der Waals surface area contributed by atoms with E-state index in [-0.39, 0.29) is 0 Å². The highest BCUT2D eigenvalue weighted by Gasteiger charge is 2.13. The molecule has 0 bridgehead atoms. The van der Waals surface area contributed by atoms with Crippen molar-refractivity contribution in [1.29, 1.82) is 0 Å². The Morgan fingerprint density at radius 2 is 2.09 bits per heavy atom. The summed E-state index contributed by atoms with van der Waals surface area (Å²) in [6, 6.07) is 6.42. The number of pyridine rings is 1. The van der Waals surface area contributed by atoms with Gasteiger partial charge in [-0.25, -0.2) is 0 Å². The number of guanidine groups is 1. The highest BCUT2D eigenvalue weighted by atomic mass is 15.2. The molecule has 4 nitrogen and oxygen atoms in total. The number of nitrogens with one attached hydrogen (secondary N) is 2. The van der Waals surface area contributed by atoms with E-state index in [4.69, 9.17) is 0 Å². The van der Waals surface area contributed by atoms with Crippen LogP contribution >= 0.6 is 0 Å². The van der Waals surface area contributed by atoms with E-state index in [2.05, 4.69) is 55.2 Å². The standard InChI is InChI=1S/C18H32N4/c1-6-19-17(22-15(2)10-12-18(3,4)5)21-14-11-16-9-7-8-13-20-16/h7-9,13,15H,6,10-12,14H2,1-5H3,(H2,19,21,22). The Morgan fingerprint density at radius 1 is 1.32 bits per heavy atom. The van der Waals surface area contributed by atoms with Gasteiger partial charge in [0.25, 0.3) is 0 Å². The van der Waals surface area contributed by atoms with E-state index >= 15 is 0 Å². The van der Waals surface area contributed by atoms with Crippen LogP contribution in [-0.2, 0) is 6.42 Å². The minimum Gasteiger partial charge on any atom is -0.357 e. The zero-order valence-electron chi connectivity index (χ0n) is 14.8. The van der Waals surface area contributed by atoms with E-state index in [0.717, 1.165) is 37.6 Å². The van der Waals surface area contributed by atoms with Crippen LogP contribution in [0.2, 0.25) is 0 Å². The Balaban J connectivity index is 2.44. The summed E-state index contributed by atoms with van der Waals surface area (Å²) < 4.78 is 0. The van der Waals surface area contributed by atoms with E-state index in [1.165, 1.54) is 6.42 Å². The number of hydrogen-bond acceptors (Lipinski definition) is 2. The molecule has 1 rings (SSSR count). The lowest BCUT2D eigenvalue weighted by Gasteiger charge is -2.23. The van der Waals surface area contributed by atoms with E-state index in [1.54, 1.807) is 0 Å². The first-order valence-corrected chi connectivity index (χ1v) is 8.35. The van der Waals surface area contributed by atoms with Crippen molar-refractivity contribution in [1.82, 2.24) is 15.6 Å². The van der Waals surface area contributed by atoms with Crippen LogP contribution < -0.4 is 10.6 Å². The summed E-state index contributed by atoms with van der Waals surface area (Å²) >= 11 is 0. The van der Waals surface area contributed by atoms with E-state index in [9.17, 15) is 0 Å². The largest absolute Gasteiger partial charge is 0.357 e. The number of nitrogens with zero attached hydrogens (tertiary/aromatic N) is 2. The first-order chi connectivity index (χ1) is 10.4. The van der Waals surface area contributed by atoms with Gasteiger partial charge >= 0.3 is 0 Å². The van der Waals surface area contributed by atoms with Gasteiger partial charge < -0.3 is 10.6 Å². The van der Waals surface area contributed by atoms with Gasteiger partial charge in [0.2, 0.25) is 0 Å². The molecule has 1 aromatic heterocycles. The fraction of sp³-hybridized carbons (Fsp3) is 0.667. The maximum Gasteiger partial charge on any atom is 0.191 e. The summed E-state index contributed by atoms with van der Waals surface area (Å²) in [6.07, 6.45) is 5.05. The second-order valence-electron chi connectivity index (χ2n) is 6.98. The van der Waals surface area contributed by atoms with Crippen molar-refractivity contribution in [3.8, 4) is 0 Å². The molecular formula is C18H32N4. The quantitative estimate of drug-likeness (QED) is 0.599. The Kier molecular flexibility index (Phi) is 7.92. The van der Waals surface area contributed by atoms with Crippen molar-refractivity contribution in [3.63, 3.8) is 0 Å². The minimum absolute atomic E-state index is 0.379. The number of aliphatic imine (C=N–C) groups is 1. The fourth-order valence-electron chi connectivity index (χ4n) is 2.10. The lowest BCUT2D eigenvalue weighted by atomic mass is 9.89. The molecule has 0 saturated heterocycles. The molecule has 2 N–H and O–H groups in total. The predicted molar refractivity (Wildman–Crippen MR) is 95.2 cm³/mol. The van der Waals surface area contributed by atoms with Gasteiger partial charge in [-0.05, 0) is 44.2 Å². The molecule has 0 aliphatic rings. The van der Waals surface area contributed by atoms with Gasteiger partial charge in [0.05, 0.1) is 0 Å². The Morgan fingerprint density at radius 3 is 2.68 bits per heavy atom. The maximum atomic E-state index is 4.65. The van der Waals surface area contributed by atoms with E-state index in [1.807, 2.05) is 24.4 Å². The Bertz CT molecular complexity index is 434. The predicted octanol–water partition coefficient (Wildman–Crippen LogP) is 3.39. The molecule has 22 heavy (non-hydrogen) atoms. The summed E-state index contributed by atoms with van der Waals surface area (Å²) in [6.45, 7) is 12.8. The summed E-state index contributed by atoms with van der Waals surface area (Å²) in [5.41, 5.74) is 1.47. The average molecular weight is 304 g/mol. The summed E-state index contributed by atoms with van der Waals surface area (Å²) in [5.74, 6) is 0.903. The van der Waals surface area contributed by atoms with Crippen LogP contribution in [0.5, 0.6) is 0 Å². The Hall–Kier alpha value is -1.58. The molecule has 1 aromatic rings. The molecule has 0 amide bonds. The van der Waals surface area contributed by atoms with Crippen LogP contribution in [0.1, 0.15) is 53.2 Å². The molecule has 1 atom stereocenters. The molecule has 0 aliphatic heterocycles. The van der Waals surface area contributed by atoms with E-state index in [0.29, 0.717) is 11.5 Å². The lowest BCUT2D eigenvalue weighted by Crippen LogP contribution is -2.42. The van der Waals surface area contributed by atoms with Gasteiger partial charge in [0.1, 0.15) is 0 Å². The molecule has 1 unspecified atom stereocenters. The van der Waals surface area contributed by atoms with Crippen molar-refractivity contribution in [3.05, 3.63) is 30.1 Å². The molecule has 0 spiro atoms. The third-order valence-corrected chi connectivity index (χ3v) is 3.42. The molecule has 0 radical (unpaired) electrons. The van der Waals surface area contributed by atoms with Crippen molar-refractivity contribution >= 4 is 5.96 Å². The van der Waals surface area contributed by atoms with Crippen LogP contribution in [0.3, 0.4) is 0 Å². The van der Waals surface area contributed by atoms with Crippen LogP contribution in [0, 0.1) is 5.41 Å². The van der Waals surface area contributed by atoms with E-state index < -0.39 is 0 Å². The molecule has 0 aromatic carbocycles. The summed E-state index contributed by atoms with van der Waals surface area (Å²) in [5, 5.41) is 6.81. The average Bonchev–Trinajstić information content (AvgIpc) is 2.46. The summed E-state index contributed by atoms with van der Waals surface area (Å²) in [7, 11) is 0. The fourth-order valence-corrected chi connectivity index (χ4v) is 2.10. The summed E-state index contributed by atoms with van der Waals surface area (Å²) in [4.78, 5) is 8.98. The molecule has 124 valence electrons. The van der Waals surface area contributed by atoms with Crippen molar-refractivity contribution in [2.24, 2.45) is 10.4 Å². The van der Waals surface area contributed by atoms with Gasteiger partial charge in [-0.15, -0.1) is 0 Å². The smallest absolute Gasteiger partial charge is 0.191 e. The third-order valence-electron chi connectivity index (χ3n) is 3.42. The zero-order chi connectivity index (χ0) is 16.4. The Labute approximate surface area is 135 Å². The first kappa shape index (κ1) is 18.5. The first-order valence-electron chi connectivity index (χ1n) is 8.35. The highest BCUT2D eigenvalue weighted by Crippen LogP contribution is 2.21. The van der Waals surface area contributed by atoms with Gasteiger partial charge in [-0.3, -0.25) is 9.98 Å². The van der Waals surface area contributed by atoms with Gasteiger partial charge in [0.15, 0.2) is 5.96 Å². The minimum atomic E-state index is 0.379. The second kappa shape index (κ2) is 9.44. The third kappa shape index (κ3) is 8.65. The molecule has 4 heteroatoms. The molecular weight excluding hydrogens is 272 g/mol. The molecule has 0 fully saturated rings. The van der Waals surface area contributed by atoms with Gasteiger partial charge in [0, 0.05) is 37.4 Å². The van der Waals surface area contributed by atoms with Crippen LogP contribution in [-0.4, -0.2) is 30.1 Å². The number of rotatable bonds is 7. The van der Waals surface area contributed by atoms with Gasteiger partial charge in [-0.1, -0.05) is 26.8 Å². The molecule has 0 aliphatic carbocycles. The SMILES string of the molecule is CCNC(=NCCc1ccccn1)NC(C)CCC(C)(C)C. The topological polar surface area (TPSA) is 49.3 Å². The van der Waals surface area contributed by atoms with Crippen LogP contribution in [0.15, 0.2) is 29.4 Å².